The zero-order chi connectivity index (χ0) is 21.8. The van der Waals surface area contributed by atoms with E-state index in [0.29, 0.717) is 12.5 Å². The van der Waals surface area contributed by atoms with E-state index in [1.807, 2.05) is 35.0 Å². The summed E-state index contributed by atoms with van der Waals surface area (Å²) >= 11 is 3.55. The van der Waals surface area contributed by atoms with Gasteiger partial charge in [0.2, 0.25) is 0 Å². The number of likely N-dealkylation sites (tertiary alicyclic amines) is 1. The molecule has 2 aliphatic heterocycles. The summed E-state index contributed by atoms with van der Waals surface area (Å²) in [5, 5.41) is 0. The number of piperidine rings is 1. The molecule has 166 valence electrons. The van der Waals surface area contributed by atoms with Crippen LogP contribution < -0.4 is 0 Å². The molecule has 0 radical (unpaired) electrons. The minimum Gasteiger partial charge on any atom is -0.323 e. The summed E-state index contributed by atoms with van der Waals surface area (Å²) in [6, 6.07) is 15.6. The average Bonchev–Trinajstić information content (AvgIpc) is 2.78. The van der Waals surface area contributed by atoms with Crippen molar-refractivity contribution in [2.75, 3.05) is 33.2 Å². The third-order valence-corrected chi connectivity index (χ3v) is 7.53. The molecular formula is C25H31BrFN3O. The van der Waals surface area contributed by atoms with Gasteiger partial charge >= 0.3 is 6.03 Å². The van der Waals surface area contributed by atoms with Gasteiger partial charge in [-0.2, -0.15) is 0 Å². The second-order valence-electron chi connectivity index (χ2n) is 8.93. The lowest BCUT2D eigenvalue weighted by Crippen LogP contribution is -2.56. The number of urea groups is 1. The summed E-state index contributed by atoms with van der Waals surface area (Å²) in [5.74, 6) is 0.420. The fraction of sp³-hybridized carbons (Fsp3) is 0.480. The number of nitrogens with zero attached hydrogens (tertiary/aromatic N) is 3. The van der Waals surface area contributed by atoms with Gasteiger partial charge in [0.1, 0.15) is 5.82 Å². The van der Waals surface area contributed by atoms with Crippen LogP contribution in [0.5, 0.6) is 0 Å². The lowest BCUT2D eigenvalue weighted by Gasteiger charge is -2.42. The first-order chi connectivity index (χ1) is 15.0. The van der Waals surface area contributed by atoms with Crippen LogP contribution in [0.15, 0.2) is 53.0 Å². The zero-order valence-electron chi connectivity index (χ0n) is 18.1. The standard InChI is InChI=1S/C25H31BrFN3O/c1-28-23(11-14-30(25(28)31)17-20-5-3-2-4-6-20)18-29-12-9-19(10-13-29)15-21-16-22(27)7-8-24(21)26/h2-8,16,19,23H,9-15,17-18H2,1H3. The van der Waals surface area contributed by atoms with Crippen LogP contribution in [0.3, 0.4) is 0 Å². The number of benzene rings is 2. The van der Waals surface area contributed by atoms with Gasteiger partial charge < -0.3 is 14.7 Å². The normalized spacial score (nSPS) is 21.0. The molecule has 4 nitrogen and oxygen atoms in total. The minimum atomic E-state index is -0.165. The Balaban J connectivity index is 1.25. The molecule has 0 aromatic heterocycles. The lowest BCUT2D eigenvalue weighted by molar-refractivity contribution is 0.0802. The Kier molecular flexibility index (Phi) is 7.28. The van der Waals surface area contributed by atoms with Gasteiger partial charge in [0.15, 0.2) is 0 Å². The maximum absolute atomic E-state index is 13.6. The van der Waals surface area contributed by atoms with E-state index >= 15 is 0 Å². The van der Waals surface area contributed by atoms with Gasteiger partial charge in [0.25, 0.3) is 0 Å². The Bertz CT molecular complexity index is 886. The zero-order valence-corrected chi connectivity index (χ0v) is 19.7. The molecule has 0 N–H and O–H groups in total. The number of halogens is 2. The summed E-state index contributed by atoms with van der Waals surface area (Å²) in [5.41, 5.74) is 2.24. The second-order valence-corrected chi connectivity index (χ2v) is 9.78. The van der Waals surface area contributed by atoms with Crippen molar-refractivity contribution in [3.05, 3.63) is 69.9 Å². The van der Waals surface area contributed by atoms with Crippen LogP contribution in [-0.2, 0) is 13.0 Å². The summed E-state index contributed by atoms with van der Waals surface area (Å²) in [6.45, 7) is 4.52. The molecule has 2 saturated heterocycles. The highest BCUT2D eigenvalue weighted by Gasteiger charge is 2.32. The molecule has 0 bridgehead atoms. The maximum atomic E-state index is 13.6. The first-order valence-corrected chi connectivity index (χ1v) is 12.0. The third-order valence-electron chi connectivity index (χ3n) is 6.76. The SMILES string of the molecule is CN1C(=O)N(Cc2ccccc2)CCC1CN1CCC(Cc2cc(F)ccc2Br)CC1. The first-order valence-electron chi connectivity index (χ1n) is 11.2. The highest BCUT2D eigenvalue weighted by Crippen LogP contribution is 2.27. The third kappa shape index (κ3) is 5.66. The van der Waals surface area contributed by atoms with Crippen molar-refractivity contribution in [1.82, 2.24) is 14.7 Å². The number of carbonyl (C=O) groups is 1. The van der Waals surface area contributed by atoms with Gasteiger partial charge in [-0.1, -0.05) is 46.3 Å². The Labute approximate surface area is 193 Å². The van der Waals surface area contributed by atoms with Crippen LogP contribution in [0.25, 0.3) is 0 Å². The maximum Gasteiger partial charge on any atom is 0.320 e. The van der Waals surface area contributed by atoms with Gasteiger partial charge in [0, 0.05) is 37.2 Å². The van der Waals surface area contributed by atoms with Gasteiger partial charge in [-0.25, -0.2) is 9.18 Å². The summed E-state index contributed by atoms with van der Waals surface area (Å²) in [4.78, 5) is 19.3. The molecule has 2 aliphatic rings. The number of hydrogen-bond acceptors (Lipinski definition) is 2. The Morgan fingerprint density at radius 1 is 1.03 bits per heavy atom. The van der Waals surface area contributed by atoms with E-state index in [-0.39, 0.29) is 17.9 Å². The van der Waals surface area contributed by atoms with Crippen LogP contribution >= 0.6 is 15.9 Å². The molecule has 6 heteroatoms. The molecule has 0 saturated carbocycles. The lowest BCUT2D eigenvalue weighted by atomic mass is 9.90. The van der Waals surface area contributed by atoms with Gasteiger partial charge in [0.05, 0.1) is 0 Å². The average molecular weight is 488 g/mol. The fourth-order valence-electron chi connectivity index (χ4n) is 4.82. The van der Waals surface area contributed by atoms with E-state index in [2.05, 4.69) is 33.0 Å². The molecular weight excluding hydrogens is 457 g/mol. The molecule has 31 heavy (non-hydrogen) atoms. The minimum absolute atomic E-state index is 0.131. The van der Waals surface area contributed by atoms with Gasteiger partial charge in [-0.05, 0) is 74.0 Å². The van der Waals surface area contributed by atoms with Crippen LogP contribution in [0.2, 0.25) is 0 Å². The van der Waals surface area contributed by atoms with E-state index in [1.54, 1.807) is 12.1 Å². The van der Waals surface area contributed by atoms with E-state index in [9.17, 15) is 9.18 Å². The Morgan fingerprint density at radius 3 is 2.52 bits per heavy atom. The van der Waals surface area contributed by atoms with E-state index < -0.39 is 0 Å². The van der Waals surface area contributed by atoms with Crippen molar-refractivity contribution in [3.63, 3.8) is 0 Å². The number of rotatable bonds is 6. The molecule has 2 aromatic rings. The van der Waals surface area contributed by atoms with Crippen molar-refractivity contribution in [2.24, 2.45) is 5.92 Å². The van der Waals surface area contributed by atoms with Crippen molar-refractivity contribution in [2.45, 2.75) is 38.3 Å². The largest absolute Gasteiger partial charge is 0.323 e. The van der Waals surface area contributed by atoms with Crippen LogP contribution in [0, 0.1) is 11.7 Å². The molecule has 0 aliphatic carbocycles. The molecule has 1 atom stereocenters. The highest BCUT2D eigenvalue weighted by molar-refractivity contribution is 9.10. The smallest absolute Gasteiger partial charge is 0.320 e. The molecule has 2 fully saturated rings. The number of carbonyl (C=O) groups excluding carboxylic acids is 1. The quantitative estimate of drug-likeness (QED) is 0.561. The van der Waals surface area contributed by atoms with Crippen molar-refractivity contribution in [3.8, 4) is 0 Å². The van der Waals surface area contributed by atoms with Gasteiger partial charge in [-0.3, -0.25) is 0 Å². The summed E-state index contributed by atoms with van der Waals surface area (Å²) in [6.07, 6.45) is 4.16. The number of amides is 2. The molecule has 0 spiro atoms. The second kappa shape index (κ2) is 10.1. The Morgan fingerprint density at radius 2 is 1.77 bits per heavy atom. The predicted octanol–water partition coefficient (Wildman–Crippen LogP) is 5.17. The Hall–Kier alpha value is -1.92. The monoisotopic (exact) mass is 487 g/mol. The predicted molar refractivity (Wildman–Crippen MR) is 125 cm³/mol. The van der Waals surface area contributed by atoms with Crippen molar-refractivity contribution < 1.29 is 9.18 Å². The van der Waals surface area contributed by atoms with E-state index in [0.717, 1.165) is 61.9 Å². The molecule has 2 amide bonds. The molecule has 1 unspecified atom stereocenters. The van der Waals surface area contributed by atoms with E-state index in [1.165, 1.54) is 11.6 Å². The number of hydrogen-bond donors (Lipinski definition) is 0. The first kappa shape index (κ1) is 22.3. The van der Waals surface area contributed by atoms with Gasteiger partial charge in [-0.15, -0.1) is 0 Å². The number of likely N-dealkylation sites (N-methyl/N-ethyl adjacent to an activating group) is 1. The molecule has 2 aromatic carbocycles. The van der Waals surface area contributed by atoms with Crippen molar-refractivity contribution >= 4 is 22.0 Å². The molecule has 2 heterocycles. The summed E-state index contributed by atoms with van der Waals surface area (Å²) in [7, 11) is 1.94. The van der Waals surface area contributed by atoms with Crippen molar-refractivity contribution in [1.29, 1.82) is 0 Å². The van der Waals surface area contributed by atoms with Crippen LogP contribution in [0.1, 0.15) is 30.4 Å². The topological polar surface area (TPSA) is 26.8 Å². The molecule has 4 rings (SSSR count). The van der Waals surface area contributed by atoms with Crippen LogP contribution in [-0.4, -0.2) is 60.0 Å². The fourth-order valence-corrected chi connectivity index (χ4v) is 5.23. The van der Waals surface area contributed by atoms with Crippen LogP contribution in [0.4, 0.5) is 9.18 Å². The highest BCUT2D eigenvalue weighted by atomic mass is 79.9. The van der Waals surface area contributed by atoms with E-state index in [4.69, 9.17) is 0 Å². The summed E-state index contributed by atoms with van der Waals surface area (Å²) < 4.78 is 14.6.